The molecule has 2 aromatic rings. The zero-order valence-electron chi connectivity index (χ0n) is 19.7. The van der Waals surface area contributed by atoms with Crippen molar-refractivity contribution in [3.8, 4) is 6.07 Å². The first kappa shape index (κ1) is 28.0. The van der Waals surface area contributed by atoms with Crippen LogP contribution in [0.1, 0.15) is 28.0 Å². The topological polar surface area (TPSA) is 132 Å². The van der Waals surface area contributed by atoms with Crippen LogP contribution in [-0.4, -0.2) is 66.4 Å². The molecule has 0 atom stereocenters. The van der Waals surface area contributed by atoms with E-state index in [0.717, 1.165) is 18.3 Å². The quantitative estimate of drug-likeness (QED) is 0.425. The Bertz CT molecular complexity index is 1310. The molecule has 38 heavy (non-hydrogen) atoms. The van der Waals surface area contributed by atoms with E-state index in [0.29, 0.717) is 11.3 Å². The number of nitriles is 1. The van der Waals surface area contributed by atoms with Gasteiger partial charge < -0.3 is 15.5 Å². The molecule has 3 rings (SSSR count). The van der Waals surface area contributed by atoms with Crippen LogP contribution >= 0.6 is 0 Å². The van der Waals surface area contributed by atoms with Gasteiger partial charge in [-0.25, -0.2) is 9.98 Å². The smallest absolute Gasteiger partial charge is 0.365 e. The number of benzene rings is 1. The number of carbonyl (C=O) groups excluding carboxylic acids is 1. The van der Waals surface area contributed by atoms with Crippen LogP contribution in [0.2, 0.25) is 0 Å². The van der Waals surface area contributed by atoms with Gasteiger partial charge in [0.05, 0.1) is 35.6 Å². The molecule has 10 nitrogen and oxygen atoms in total. The van der Waals surface area contributed by atoms with Crippen molar-refractivity contribution >= 4 is 30.0 Å². The van der Waals surface area contributed by atoms with Crippen molar-refractivity contribution in [2.45, 2.75) is 18.8 Å². The Labute approximate surface area is 211 Å². The Morgan fingerprint density at radius 3 is 2.53 bits per heavy atom. The Hall–Kier alpha value is -4.55. The van der Waals surface area contributed by atoms with E-state index in [4.69, 9.17) is 5.26 Å². The van der Waals surface area contributed by atoms with Crippen LogP contribution in [0.25, 0.3) is 0 Å². The molecular formula is C22H19F6N9O. The Morgan fingerprint density at radius 1 is 1.24 bits per heavy atom. The molecule has 0 unspecified atom stereocenters. The predicted molar refractivity (Wildman–Crippen MR) is 125 cm³/mol. The highest BCUT2D eigenvalue weighted by molar-refractivity contribution is 6.05. The average Bonchev–Trinajstić information content (AvgIpc) is 2.89. The molecular weight excluding hydrogens is 520 g/mol. The van der Waals surface area contributed by atoms with E-state index < -0.39 is 41.6 Å². The van der Waals surface area contributed by atoms with Gasteiger partial charge in [0.2, 0.25) is 5.95 Å². The first-order chi connectivity index (χ1) is 17.9. The molecule has 1 aromatic heterocycles. The molecule has 1 aliphatic rings. The summed E-state index contributed by atoms with van der Waals surface area (Å²) >= 11 is 0. The minimum Gasteiger partial charge on any atom is -0.365 e. The van der Waals surface area contributed by atoms with Crippen LogP contribution < -0.4 is 15.5 Å². The van der Waals surface area contributed by atoms with Gasteiger partial charge in [0.15, 0.2) is 5.69 Å². The highest BCUT2D eigenvalue weighted by Crippen LogP contribution is 2.35. The molecule has 0 radical (unpaired) electrons. The summed E-state index contributed by atoms with van der Waals surface area (Å²) in [7, 11) is 1.49. The molecule has 16 heteroatoms. The zero-order valence-corrected chi connectivity index (χ0v) is 19.7. The molecule has 2 heterocycles. The normalized spacial score (nSPS) is 16.6. The lowest BCUT2D eigenvalue weighted by atomic mass is 9.99. The van der Waals surface area contributed by atoms with Crippen LogP contribution in [0.5, 0.6) is 0 Å². The maximum atomic E-state index is 13.4. The van der Waals surface area contributed by atoms with Crippen LogP contribution in [0.4, 0.5) is 38.0 Å². The van der Waals surface area contributed by atoms with Crippen LogP contribution in [0.15, 0.2) is 45.8 Å². The second-order valence-corrected chi connectivity index (χ2v) is 7.76. The number of amides is 1. The molecule has 200 valence electrons. The number of aromatic nitrogens is 3. The van der Waals surface area contributed by atoms with Crippen LogP contribution in [0, 0.1) is 11.3 Å². The van der Waals surface area contributed by atoms with Crippen molar-refractivity contribution in [2.24, 2.45) is 9.98 Å². The molecule has 2 N–H and O–H groups in total. The van der Waals surface area contributed by atoms with Gasteiger partial charge in [0, 0.05) is 24.9 Å². The lowest BCUT2D eigenvalue weighted by Gasteiger charge is -2.32. The molecule has 0 saturated carbocycles. The van der Waals surface area contributed by atoms with Gasteiger partial charge in [-0.05, 0) is 31.3 Å². The highest BCUT2D eigenvalue weighted by atomic mass is 19.4. The summed E-state index contributed by atoms with van der Waals surface area (Å²) in [6.45, 7) is 2.34. The zero-order chi connectivity index (χ0) is 28.1. The molecule has 1 fully saturated rings. The lowest BCUT2D eigenvalue weighted by Crippen LogP contribution is -2.38. The molecule has 0 bridgehead atoms. The Balaban J connectivity index is 1.78. The number of halogens is 6. The number of alkyl halides is 6. The minimum absolute atomic E-state index is 0.118. The molecule has 0 spiro atoms. The van der Waals surface area contributed by atoms with Crippen molar-refractivity contribution in [1.29, 1.82) is 5.26 Å². The number of anilines is 2. The van der Waals surface area contributed by atoms with E-state index in [-0.39, 0.29) is 37.0 Å². The van der Waals surface area contributed by atoms with Gasteiger partial charge in [-0.3, -0.25) is 9.79 Å². The molecule has 1 aromatic carbocycles. The monoisotopic (exact) mass is 539 g/mol. The Morgan fingerprint density at radius 2 is 1.97 bits per heavy atom. The maximum absolute atomic E-state index is 13.4. The fourth-order valence-corrected chi connectivity index (χ4v) is 3.51. The largest absolute Gasteiger partial charge is 0.417 e. The molecule has 1 amide bonds. The number of nitrogens with one attached hydrogen (secondary N) is 2. The van der Waals surface area contributed by atoms with Gasteiger partial charge in [-0.1, -0.05) is 0 Å². The minimum atomic E-state index is -4.70. The fourth-order valence-electron chi connectivity index (χ4n) is 3.51. The molecule has 1 saturated heterocycles. The van der Waals surface area contributed by atoms with E-state index in [2.05, 4.69) is 37.2 Å². The van der Waals surface area contributed by atoms with Gasteiger partial charge in [0.1, 0.15) is 12.4 Å². The number of rotatable bonds is 6. The van der Waals surface area contributed by atoms with Gasteiger partial charge in [-0.15, -0.1) is 10.2 Å². The van der Waals surface area contributed by atoms with E-state index in [1.807, 2.05) is 0 Å². The van der Waals surface area contributed by atoms with Crippen molar-refractivity contribution in [3.63, 3.8) is 0 Å². The number of aliphatic imine (C=N–C) groups is 2. The van der Waals surface area contributed by atoms with Gasteiger partial charge >= 0.3 is 12.4 Å². The summed E-state index contributed by atoms with van der Waals surface area (Å²) in [6, 6.07) is 5.00. The molecule has 0 aliphatic carbocycles. The predicted octanol–water partition coefficient (Wildman–Crippen LogP) is 3.36. The van der Waals surface area contributed by atoms with Crippen molar-refractivity contribution in [1.82, 2.24) is 20.5 Å². The lowest BCUT2D eigenvalue weighted by molar-refractivity contribution is -0.137. The molecule has 1 aliphatic heterocycles. The summed E-state index contributed by atoms with van der Waals surface area (Å²) in [5, 5.41) is 20.6. The van der Waals surface area contributed by atoms with Gasteiger partial charge in [0.25, 0.3) is 5.91 Å². The first-order valence-electron chi connectivity index (χ1n) is 10.7. The number of hydrogen-bond acceptors (Lipinski definition) is 9. The summed E-state index contributed by atoms with van der Waals surface area (Å²) < 4.78 is 77.0. The fraction of sp³-hybridized carbons (Fsp3) is 0.318. The SMILES string of the molecule is C=N/C(Nc1ncc(C(=O)NCC(F)(F)F)nn1)=C1/CCN(c2ccc(C#N)c(C(F)(F)F)c2)C/C1=N/C. The summed E-state index contributed by atoms with van der Waals surface area (Å²) in [4.78, 5) is 25.4. The summed E-state index contributed by atoms with van der Waals surface area (Å²) in [5.74, 6) is -1.07. The van der Waals surface area contributed by atoms with Crippen molar-refractivity contribution in [2.75, 3.05) is 36.9 Å². The summed E-state index contributed by atoms with van der Waals surface area (Å²) in [6.07, 6.45) is -8.09. The highest BCUT2D eigenvalue weighted by Gasteiger charge is 2.35. The van der Waals surface area contributed by atoms with Crippen molar-refractivity contribution in [3.05, 3.63) is 52.6 Å². The maximum Gasteiger partial charge on any atom is 0.417 e. The first-order valence-corrected chi connectivity index (χ1v) is 10.7. The number of nitrogens with zero attached hydrogens (tertiary/aromatic N) is 7. The Kier molecular flexibility index (Phi) is 8.29. The average molecular weight is 539 g/mol. The third-order valence-corrected chi connectivity index (χ3v) is 5.30. The third kappa shape index (κ3) is 6.81. The second-order valence-electron chi connectivity index (χ2n) is 7.76. The van der Waals surface area contributed by atoms with E-state index >= 15 is 0 Å². The van der Waals surface area contributed by atoms with E-state index in [1.54, 1.807) is 16.3 Å². The van der Waals surface area contributed by atoms with E-state index in [9.17, 15) is 31.1 Å². The number of piperidine rings is 1. The van der Waals surface area contributed by atoms with E-state index in [1.165, 1.54) is 13.1 Å². The van der Waals surface area contributed by atoms with Crippen LogP contribution in [-0.2, 0) is 6.18 Å². The number of hydrogen-bond donors (Lipinski definition) is 2. The van der Waals surface area contributed by atoms with Gasteiger partial charge in [-0.2, -0.15) is 31.6 Å². The standard InChI is InChI=1S/C22H19F6N9O/c1-30-17-10-37(13-4-3-12(8-29)15(7-13)22(26,27)28)6-5-14(17)18(31-2)34-20-32-9-16(35-36-20)19(38)33-11-21(23,24)25/h3-4,7,9H,2,5-6,10-11H2,1H3,(H,33,38)(H,32,34,36)/b18-14+,30-17-. The van der Waals surface area contributed by atoms with Crippen LogP contribution in [0.3, 0.4) is 0 Å². The third-order valence-electron chi connectivity index (χ3n) is 5.30. The number of carbonyl (C=O) groups is 1. The van der Waals surface area contributed by atoms with Crippen molar-refractivity contribution < 1.29 is 31.1 Å². The summed E-state index contributed by atoms with van der Waals surface area (Å²) in [5.41, 5.74) is -0.666. The second kappa shape index (κ2) is 11.2.